The summed E-state index contributed by atoms with van der Waals surface area (Å²) in [5.41, 5.74) is 3.17. The Balaban J connectivity index is 1.58. The number of carbonyl (C=O) groups excluding carboxylic acids is 1. The van der Waals surface area contributed by atoms with E-state index in [-0.39, 0.29) is 23.5 Å². The van der Waals surface area contributed by atoms with Gasteiger partial charge in [-0.2, -0.15) is 0 Å². The minimum absolute atomic E-state index is 0.0623. The molecule has 150 valence electrons. The Bertz CT molecular complexity index is 780. The van der Waals surface area contributed by atoms with Crippen LogP contribution in [0.25, 0.3) is 0 Å². The zero-order valence-electron chi connectivity index (χ0n) is 17.6. The first-order chi connectivity index (χ1) is 13.2. The number of rotatable bonds is 4. The molecular formula is C24H31NO3. The molecule has 0 aromatic heterocycles. The highest BCUT2D eigenvalue weighted by atomic mass is 16.5. The average Bonchev–Trinajstić information content (AvgIpc) is 2.65. The van der Waals surface area contributed by atoms with E-state index in [9.17, 15) is 4.79 Å². The zero-order chi connectivity index (χ0) is 20.3. The largest absolute Gasteiger partial charge is 0.489 e. The van der Waals surface area contributed by atoms with E-state index >= 15 is 0 Å². The first-order valence-corrected chi connectivity index (χ1v) is 9.99. The lowest BCUT2D eigenvalue weighted by molar-refractivity contribution is -0.0586. The second kappa shape index (κ2) is 8.36. The monoisotopic (exact) mass is 381 g/mol. The van der Waals surface area contributed by atoms with E-state index in [0.717, 1.165) is 11.3 Å². The van der Waals surface area contributed by atoms with E-state index in [1.54, 1.807) is 0 Å². The molecule has 0 saturated carbocycles. The lowest BCUT2D eigenvalue weighted by atomic mass is 9.87. The topological polar surface area (TPSA) is 38.8 Å². The Kier molecular flexibility index (Phi) is 6.09. The maximum atomic E-state index is 12.7. The molecule has 4 nitrogen and oxygen atoms in total. The highest BCUT2D eigenvalue weighted by Gasteiger charge is 2.26. The van der Waals surface area contributed by atoms with Crippen LogP contribution in [0.5, 0.6) is 5.75 Å². The number of hydrogen-bond donors (Lipinski definition) is 0. The number of benzene rings is 2. The van der Waals surface area contributed by atoms with Gasteiger partial charge in [-0.25, -0.2) is 0 Å². The van der Waals surface area contributed by atoms with Crippen molar-refractivity contribution in [1.82, 2.24) is 4.90 Å². The predicted molar refractivity (Wildman–Crippen MR) is 112 cm³/mol. The molecule has 0 N–H and O–H groups in total. The van der Waals surface area contributed by atoms with Gasteiger partial charge in [0.15, 0.2) is 0 Å². The summed E-state index contributed by atoms with van der Waals surface area (Å²) in [7, 11) is 0. The van der Waals surface area contributed by atoms with Gasteiger partial charge in [-0.15, -0.1) is 0 Å². The number of nitrogens with zero attached hydrogens (tertiary/aromatic N) is 1. The third-order valence-corrected chi connectivity index (χ3v) is 5.03. The number of hydrogen-bond acceptors (Lipinski definition) is 3. The molecule has 2 aromatic carbocycles. The molecule has 1 amide bonds. The minimum Gasteiger partial charge on any atom is -0.489 e. The van der Waals surface area contributed by atoms with E-state index < -0.39 is 0 Å². The van der Waals surface area contributed by atoms with Gasteiger partial charge in [-0.05, 0) is 54.7 Å². The fourth-order valence-corrected chi connectivity index (χ4v) is 3.49. The van der Waals surface area contributed by atoms with Crippen LogP contribution in [0.15, 0.2) is 48.5 Å². The molecule has 28 heavy (non-hydrogen) atoms. The Hall–Kier alpha value is -2.33. The van der Waals surface area contributed by atoms with Gasteiger partial charge in [0, 0.05) is 18.7 Å². The molecular weight excluding hydrogens is 350 g/mol. The van der Waals surface area contributed by atoms with Crippen molar-refractivity contribution >= 4 is 5.91 Å². The summed E-state index contributed by atoms with van der Waals surface area (Å²) in [5, 5.41) is 0. The lowest BCUT2D eigenvalue weighted by Crippen LogP contribution is -2.48. The second-order valence-electron chi connectivity index (χ2n) is 8.73. The molecule has 1 aliphatic heterocycles. The smallest absolute Gasteiger partial charge is 0.254 e. The third kappa shape index (κ3) is 5.14. The van der Waals surface area contributed by atoms with Crippen molar-refractivity contribution in [3.8, 4) is 5.75 Å². The van der Waals surface area contributed by atoms with Crippen LogP contribution >= 0.6 is 0 Å². The summed E-state index contributed by atoms with van der Waals surface area (Å²) in [6.45, 7) is 12.4. The minimum atomic E-state index is 0.0623. The standard InChI is InChI=1S/C24H31NO3/c1-17-14-25(15-18(2)28-17)23(26)20-8-6-19(7-9-20)16-27-22-12-10-21(11-13-22)24(3,4)5/h6-13,17-18H,14-16H2,1-5H3/t17-,18+. The van der Waals surface area contributed by atoms with Crippen LogP contribution in [0.3, 0.4) is 0 Å². The van der Waals surface area contributed by atoms with Gasteiger partial charge < -0.3 is 14.4 Å². The van der Waals surface area contributed by atoms with Gasteiger partial charge in [0.25, 0.3) is 5.91 Å². The van der Waals surface area contributed by atoms with Crippen molar-refractivity contribution in [3.63, 3.8) is 0 Å². The van der Waals surface area contributed by atoms with Crippen LogP contribution in [-0.2, 0) is 16.8 Å². The fourth-order valence-electron chi connectivity index (χ4n) is 3.49. The molecule has 0 aliphatic carbocycles. The Morgan fingerprint density at radius 1 is 1.00 bits per heavy atom. The van der Waals surface area contributed by atoms with E-state index in [0.29, 0.717) is 25.3 Å². The quantitative estimate of drug-likeness (QED) is 0.763. The normalized spacial score (nSPS) is 20.1. The van der Waals surface area contributed by atoms with Crippen molar-refractivity contribution in [2.24, 2.45) is 0 Å². The molecule has 2 aromatic rings. The van der Waals surface area contributed by atoms with E-state index in [2.05, 4.69) is 32.9 Å². The molecule has 0 unspecified atom stereocenters. The zero-order valence-corrected chi connectivity index (χ0v) is 17.6. The second-order valence-corrected chi connectivity index (χ2v) is 8.73. The Morgan fingerprint density at radius 3 is 2.11 bits per heavy atom. The number of morpholine rings is 1. The van der Waals surface area contributed by atoms with Crippen LogP contribution < -0.4 is 4.74 Å². The summed E-state index contributed by atoms with van der Waals surface area (Å²) >= 11 is 0. The molecule has 3 rings (SSSR count). The van der Waals surface area contributed by atoms with Gasteiger partial charge in [-0.1, -0.05) is 45.0 Å². The first kappa shape index (κ1) is 20.4. The maximum absolute atomic E-state index is 12.7. The molecule has 4 heteroatoms. The van der Waals surface area contributed by atoms with Crippen molar-refractivity contribution in [2.45, 2.75) is 58.8 Å². The van der Waals surface area contributed by atoms with E-state index in [1.807, 2.05) is 55.1 Å². The summed E-state index contributed by atoms with van der Waals surface area (Å²) in [6.07, 6.45) is 0.148. The molecule has 1 saturated heterocycles. The predicted octanol–water partition coefficient (Wildman–Crippen LogP) is 4.81. The number of amides is 1. The van der Waals surface area contributed by atoms with Crippen molar-refractivity contribution in [3.05, 3.63) is 65.2 Å². The van der Waals surface area contributed by atoms with Crippen molar-refractivity contribution in [1.29, 1.82) is 0 Å². The summed E-state index contributed by atoms with van der Waals surface area (Å²) in [4.78, 5) is 14.6. The van der Waals surface area contributed by atoms with Gasteiger partial charge in [0.05, 0.1) is 12.2 Å². The Labute approximate surface area is 168 Å². The maximum Gasteiger partial charge on any atom is 0.254 e. The average molecular weight is 382 g/mol. The van der Waals surface area contributed by atoms with Crippen LogP contribution in [0.2, 0.25) is 0 Å². The van der Waals surface area contributed by atoms with E-state index in [4.69, 9.17) is 9.47 Å². The Morgan fingerprint density at radius 2 is 1.57 bits per heavy atom. The third-order valence-electron chi connectivity index (χ3n) is 5.03. The van der Waals surface area contributed by atoms with Crippen LogP contribution in [0.1, 0.15) is 56.1 Å². The molecule has 1 heterocycles. The highest BCUT2D eigenvalue weighted by Crippen LogP contribution is 2.24. The van der Waals surface area contributed by atoms with Crippen molar-refractivity contribution < 1.29 is 14.3 Å². The molecule has 0 spiro atoms. The van der Waals surface area contributed by atoms with Crippen LogP contribution in [-0.4, -0.2) is 36.1 Å². The number of ether oxygens (including phenoxy) is 2. The number of carbonyl (C=O) groups is 1. The summed E-state index contributed by atoms with van der Waals surface area (Å²) in [6, 6.07) is 15.9. The van der Waals surface area contributed by atoms with Crippen LogP contribution in [0.4, 0.5) is 0 Å². The van der Waals surface area contributed by atoms with Gasteiger partial charge in [0.1, 0.15) is 12.4 Å². The van der Waals surface area contributed by atoms with Gasteiger partial charge in [-0.3, -0.25) is 4.79 Å². The van der Waals surface area contributed by atoms with Gasteiger partial charge in [0.2, 0.25) is 0 Å². The fraction of sp³-hybridized carbons (Fsp3) is 0.458. The molecule has 0 radical (unpaired) electrons. The van der Waals surface area contributed by atoms with Gasteiger partial charge >= 0.3 is 0 Å². The molecule has 0 bridgehead atoms. The molecule has 1 fully saturated rings. The lowest BCUT2D eigenvalue weighted by Gasteiger charge is -2.35. The van der Waals surface area contributed by atoms with Crippen LogP contribution in [0, 0.1) is 0 Å². The molecule has 2 atom stereocenters. The molecule has 1 aliphatic rings. The SMILES string of the molecule is C[C@@H]1CN(C(=O)c2ccc(COc3ccc(C(C)(C)C)cc3)cc2)C[C@H](C)O1. The van der Waals surface area contributed by atoms with E-state index in [1.165, 1.54) is 5.56 Å². The summed E-state index contributed by atoms with van der Waals surface area (Å²) in [5.74, 6) is 0.914. The first-order valence-electron chi connectivity index (χ1n) is 9.99. The summed E-state index contributed by atoms with van der Waals surface area (Å²) < 4.78 is 11.6. The van der Waals surface area contributed by atoms with Crippen molar-refractivity contribution in [2.75, 3.05) is 13.1 Å². The highest BCUT2D eigenvalue weighted by molar-refractivity contribution is 5.94.